The summed E-state index contributed by atoms with van der Waals surface area (Å²) in [6.45, 7) is 5.82. The third-order valence-corrected chi connectivity index (χ3v) is 3.93. The SMILES string of the molecule is Cc1cc(Nc2c(C)cccc2C(=O)O)n(-c2ccccc2C)n1. The van der Waals surface area contributed by atoms with Gasteiger partial charge in [0.15, 0.2) is 0 Å². The number of benzene rings is 2. The molecule has 0 bridgehead atoms. The molecule has 122 valence electrons. The molecule has 0 atom stereocenters. The molecule has 1 heterocycles. The van der Waals surface area contributed by atoms with Crippen molar-refractivity contribution in [1.82, 2.24) is 9.78 Å². The number of hydrogen-bond acceptors (Lipinski definition) is 3. The molecule has 3 aromatic rings. The van der Waals surface area contributed by atoms with E-state index in [2.05, 4.69) is 10.4 Å². The number of carboxylic acid groups (broad SMARTS) is 1. The van der Waals surface area contributed by atoms with Gasteiger partial charge in [0.2, 0.25) is 0 Å². The van der Waals surface area contributed by atoms with Gasteiger partial charge in [0, 0.05) is 6.07 Å². The number of para-hydroxylation sites is 2. The number of nitrogens with zero attached hydrogens (tertiary/aromatic N) is 2. The van der Waals surface area contributed by atoms with Crippen LogP contribution in [0, 0.1) is 20.8 Å². The van der Waals surface area contributed by atoms with Crippen LogP contribution in [0.5, 0.6) is 0 Å². The van der Waals surface area contributed by atoms with Crippen molar-refractivity contribution in [2.45, 2.75) is 20.8 Å². The summed E-state index contributed by atoms with van der Waals surface area (Å²) in [5.41, 5.74) is 4.59. The van der Waals surface area contributed by atoms with Crippen molar-refractivity contribution in [3.05, 3.63) is 70.9 Å². The molecule has 24 heavy (non-hydrogen) atoms. The molecule has 2 N–H and O–H groups in total. The van der Waals surface area contributed by atoms with Crippen molar-refractivity contribution >= 4 is 17.5 Å². The number of aryl methyl sites for hydroxylation is 3. The minimum atomic E-state index is -0.958. The maximum atomic E-state index is 11.5. The summed E-state index contributed by atoms with van der Waals surface area (Å²) in [6.07, 6.45) is 0. The summed E-state index contributed by atoms with van der Waals surface area (Å²) in [5, 5.41) is 17.2. The molecule has 0 amide bonds. The van der Waals surface area contributed by atoms with Gasteiger partial charge in [-0.3, -0.25) is 0 Å². The predicted octanol–water partition coefficient (Wildman–Crippen LogP) is 4.24. The largest absolute Gasteiger partial charge is 0.478 e. The number of carboxylic acids is 1. The number of anilines is 2. The number of aromatic carboxylic acids is 1. The molecule has 0 unspecified atom stereocenters. The van der Waals surface area contributed by atoms with E-state index in [1.54, 1.807) is 12.1 Å². The molecule has 0 radical (unpaired) electrons. The van der Waals surface area contributed by atoms with Crippen molar-refractivity contribution in [2.24, 2.45) is 0 Å². The molecule has 0 aliphatic carbocycles. The van der Waals surface area contributed by atoms with Gasteiger partial charge < -0.3 is 10.4 Å². The first-order valence-corrected chi connectivity index (χ1v) is 7.70. The molecule has 2 aromatic carbocycles. The fraction of sp³-hybridized carbons (Fsp3) is 0.158. The van der Waals surface area contributed by atoms with Gasteiger partial charge in [0.25, 0.3) is 0 Å². The molecule has 0 aliphatic rings. The van der Waals surface area contributed by atoms with E-state index in [1.165, 1.54) is 0 Å². The van der Waals surface area contributed by atoms with E-state index in [1.807, 2.05) is 61.9 Å². The molecule has 0 spiro atoms. The predicted molar refractivity (Wildman–Crippen MR) is 94.5 cm³/mol. The Balaban J connectivity index is 2.11. The van der Waals surface area contributed by atoms with Crippen LogP contribution in [0.1, 0.15) is 27.2 Å². The summed E-state index contributed by atoms with van der Waals surface area (Å²) in [4.78, 5) is 11.5. The van der Waals surface area contributed by atoms with Crippen molar-refractivity contribution < 1.29 is 9.90 Å². The van der Waals surface area contributed by atoms with Crippen molar-refractivity contribution in [2.75, 3.05) is 5.32 Å². The van der Waals surface area contributed by atoms with Crippen molar-refractivity contribution in [3.63, 3.8) is 0 Å². The minimum absolute atomic E-state index is 0.241. The lowest BCUT2D eigenvalue weighted by atomic mass is 10.1. The van der Waals surface area contributed by atoms with Gasteiger partial charge in [-0.2, -0.15) is 5.10 Å². The van der Waals surface area contributed by atoms with E-state index in [4.69, 9.17) is 0 Å². The maximum Gasteiger partial charge on any atom is 0.337 e. The summed E-state index contributed by atoms with van der Waals surface area (Å²) >= 11 is 0. The molecule has 3 rings (SSSR count). The van der Waals surface area contributed by atoms with Gasteiger partial charge in [-0.25, -0.2) is 9.48 Å². The van der Waals surface area contributed by atoms with Crippen LogP contribution in [-0.2, 0) is 0 Å². The number of rotatable bonds is 4. The van der Waals surface area contributed by atoms with E-state index in [0.717, 1.165) is 28.3 Å². The molecule has 0 saturated heterocycles. The molecule has 0 aliphatic heterocycles. The van der Waals surface area contributed by atoms with Crippen molar-refractivity contribution in [1.29, 1.82) is 0 Å². The van der Waals surface area contributed by atoms with Crippen LogP contribution in [0.3, 0.4) is 0 Å². The van der Waals surface area contributed by atoms with E-state index in [9.17, 15) is 9.90 Å². The van der Waals surface area contributed by atoms with Crippen LogP contribution in [0.2, 0.25) is 0 Å². The lowest BCUT2D eigenvalue weighted by Crippen LogP contribution is -2.08. The first-order chi connectivity index (χ1) is 11.5. The number of nitrogens with one attached hydrogen (secondary N) is 1. The molecular formula is C19H19N3O2. The Morgan fingerprint density at radius 3 is 2.46 bits per heavy atom. The maximum absolute atomic E-state index is 11.5. The fourth-order valence-electron chi connectivity index (χ4n) is 2.71. The minimum Gasteiger partial charge on any atom is -0.478 e. The lowest BCUT2D eigenvalue weighted by Gasteiger charge is -2.15. The third kappa shape index (κ3) is 2.88. The monoisotopic (exact) mass is 321 g/mol. The number of hydrogen-bond donors (Lipinski definition) is 2. The second-order valence-corrected chi connectivity index (χ2v) is 5.80. The average Bonchev–Trinajstić information content (AvgIpc) is 2.90. The van der Waals surface area contributed by atoms with E-state index in [-0.39, 0.29) is 5.56 Å². The van der Waals surface area contributed by atoms with Crippen LogP contribution in [0.4, 0.5) is 11.5 Å². The van der Waals surface area contributed by atoms with Gasteiger partial charge in [0.05, 0.1) is 22.6 Å². The Morgan fingerprint density at radius 2 is 1.75 bits per heavy atom. The zero-order valence-corrected chi connectivity index (χ0v) is 13.9. The van der Waals surface area contributed by atoms with E-state index in [0.29, 0.717) is 5.69 Å². The average molecular weight is 321 g/mol. The highest BCUT2D eigenvalue weighted by Crippen LogP contribution is 2.28. The van der Waals surface area contributed by atoms with Gasteiger partial charge >= 0.3 is 5.97 Å². The lowest BCUT2D eigenvalue weighted by molar-refractivity contribution is 0.0698. The topological polar surface area (TPSA) is 67.2 Å². The molecule has 0 saturated carbocycles. The van der Waals surface area contributed by atoms with Crippen LogP contribution in [0.25, 0.3) is 5.69 Å². The molecular weight excluding hydrogens is 302 g/mol. The zero-order valence-electron chi connectivity index (χ0n) is 13.9. The standard InChI is InChI=1S/C19H19N3O2/c1-12-7-4-5-10-16(12)22-17(11-14(3)21-22)20-18-13(2)8-6-9-15(18)19(23)24/h4-11,20H,1-3H3,(H,23,24). The number of carbonyl (C=O) groups is 1. The molecule has 0 fully saturated rings. The second kappa shape index (κ2) is 6.20. The first-order valence-electron chi connectivity index (χ1n) is 7.70. The van der Waals surface area contributed by atoms with Crippen LogP contribution < -0.4 is 5.32 Å². The summed E-state index contributed by atoms with van der Waals surface area (Å²) < 4.78 is 1.81. The fourth-order valence-corrected chi connectivity index (χ4v) is 2.71. The normalized spacial score (nSPS) is 10.6. The third-order valence-electron chi connectivity index (χ3n) is 3.93. The molecule has 1 aromatic heterocycles. The van der Waals surface area contributed by atoms with Gasteiger partial charge in [0.1, 0.15) is 5.82 Å². The Kier molecular flexibility index (Phi) is 4.08. The van der Waals surface area contributed by atoms with Crippen LogP contribution >= 0.6 is 0 Å². The highest BCUT2D eigenvalue weighted by atomic mass is 16.4. The summed E-state index contributed by atoms with van der Waals surface area (Å²) in [5.74, 6) is -0.224. The Labute approximate surface area is 140 Å². The van der Waals surface area contributed by atoms with Gasteiger partial charge in [-0.15, -0.1) is 0 Å². The summed E-state index contributed by atoms with van der Waals surface area (Å²) in [6, 6.07) is 15.1. The van der Waals surface area contributed by atoms with Crippen molar-refractivity contribution in [3.8, 4) is 5.69 Å². The Morgan fingerprint density at radius 1 is 1.04 bits per heavy atom. The highest BCUT2D eigenvalue weighted by molar-refractivity contribution is 5.96. The van der Waals surface area contributed by atoms with E-state index >= 15 is 0 Å². The molecule has 5 nitrogen and oxygen atoms in total. The highest BCUT2D eigenvalue weighted by Gasteiger charge is 2.15. The first kappa shape index (κ1) is 15.8. The Bertz CT molecular complexity index is 913. The van der Waals surface area contributed by atoms with Crippen LogP contribution in [-0.4, -0.2) is 20.9 Å². The van der Waals surface area contributed by atoms with Crippen LogP contribution in [0.15, 0.2) is 48.5 Å². The summed E-state index contributed by atoms with van der Waals surface area (Å²) in [7, 11) is 0. The molecule has 5 heteroatoms. The smallest absolute Gasteiger partial charge is 0.337 e. The second-order valence-electron chi connectivity index (χ2n) is 5.80. The zero-order chi connectivity index (χ0) is 17.3. The quantitative estimate of drug-likeness (QED) is 0.754. The van der Waals surface area contributed by atoms with Gasteiger partial charge in [-0.05, 0) is 44.0 Å². The number of aromatic nitrogens is 2. The van der Waals surface area contributed by atoms with Gasteiger partial charge in [-0.1, -0.05) is 30.3 Å². The van der Waals surface area contributed by atoms with E-state index < -0.39 is 5.97 Å². The Hall–Kier alpha value is -3.08.